The second kappa shape index (κ2) is 12.5. The average Bonchev–Trinajstić information content (AvgIpc) is 2.70. The Labute approximate surface area is 199 Å². The Hall–Kier alpha value is -2.29. The minimum absolute atomic E-state index is 0.303. The Bertz CT molecular complexity index is 970. The molecule has 0 saturated heterocycles. The van der Waals surface area contributed by atoms with Crippen molar-refractivity contribution in [2.75, 3.05) is 18.5 Å². The number of amides is 2. The molecule has 0 heterocycles. The standard InChI is InChI=1S/C21H22BrCl2N3O4/c1-3-7-31-21-15(22)8-13(9-18(21)30-4-2)12-25-27-20(29)11-19(28)26-14-5-6-16(23)17(24)10-14/h5-6,8-10,12H,3-4,7,11H2,1-2H3,(H,26,28)(H,27,29). The molecule has 166 valence electrons. The van der Waals surface area contributed by atoms with E-state index < -0.39 is 18.2 Å². The Morgan fingerprint density at radius 2 is 1.87 bits per heavy atom. The minimum Gasteiger partial charge on any atom is -0.490 e. The molecule has 0 saturated carbocycles. The predicted molar refractivity (Wildman–Crippen MR) is 127 cm³/mol. The zero-order valence-electron chi connectivity index (χ0n) is 17.0. The molecule has 2 aromatic rings. The molecule has 0 spiro atoms. The van der Waals surface area contributed by atoms with Crippen molar-refractivity contribution in [1.29, 1.82) is 0 Å². The average molecular weight is 531 g/mol. The Balaban J connectivity index is 1.95. The first-order valence-electron chi connectivity index (χ1n) is 9.50. The van der Waals surface area contributed by atoms with Gasteiger partial charge in [-0.15, -0.1) is 0 Å². The molecule has 0 fully saturated rings. The van der Waals surface area contributed by atoms with Crippen molar-refractivity contribution in [2.24, 2.45) is 5.10 Å². The Morgan fingerprint density at radius 1 is 1.10 bits per heavy atom. The Kier molecular flexibility index (Phi) is 10.1. The molecule has 0 unspecified atom stereocenters. The fraction of sp³-hybridized carbons (Fsp3) is 0.286. The summed E-state index contributed by atoms with van der Waals surface area (Å²) in [6.07, 6.45) is 1.91. The molecule has 2 rings (SSSR count). The lowest BCUT2D eigenvalue weighted by atomic mass is 10.2. The summed E-state index contributed by atoms with van der Waals surface area (Å²) in [5, 5.41) is 7.14. The van der Waals surface area contributed by atoms with Gasteiger partial charge in [-0.25, -0.2) is 5.43 Å². The zero-order valence-corrected chi connectivity index (χ0v) is 20.1. The van der Waals surface area contributed by atoms with Gasteiger partial charge in [-0.3, -0.25) is 9.59 Å². The van der Waals surface area contributed by atoms with Crippen LogP contribution in [0.1, 0.15) is 32.3 Å². The van der Waals surface area contributed by atoms with E-state index in [0.717, 1.165) is 6.42 Å². The fourth-order valence-corrected chi connectivity index (χ4v) is 3.29. The van der Waals surface area contributed by atoms with Crippen LogP contribution in [0.2, 0.25) is 10.0 Å². The minimum atomic E-state index is -0.569. The van der Waals surface area contributed by atoms with E-state index in [1.807, 2.05) is 13.8 Å². The highest BCUT2D eigenvalue weighted by molar-refractivity contribution is 9.10. The molecular weight excluding hydrogens is 509 g/mol. The third-order valence-electron chi connectivity index (χ3n) is 3.71. The van der Waals surface area contributed by atoms with E-state index in [-0.39, 0.29) is 0 Å². The predicted octanol–water partition coefficient (Wildman–Crippen LogP) is 5.42. The van der Waals surface area contributed by atoms with Crippen LogP contribution in [0.25, 0.3) is 0 Å². The maximum Gasteiger partial charge on any atom is 0.249 e. The van der Waals surface area contributed by atoms with Gasteiger partial charge in [0.2, 0.25) is 11.8 Å². The van der Waals surface area contributed by atoms with Crippen LogP contribution in [0.5, 0.6) is 11.5 Å². The summed E-state index contributed by atoms with van der Waals surface area (Å²) in [4.78, 5) is 24.0. The molecule has 10 heteroatoms. The third kappa shape index (κ3) is 8.05. The van der Waals surface area contributed by atoms with Gasteiger partial charge in [-0.2, -0.15) is 5.10 Å². The van der Waals surface area contributed by atoms with Crippen LogP contribution in [0, 0.1) is 0 Å². The number of hydrazone groups is 1. The number of halogens is 3. The van der Waals surface area contributed by atoms with Gasteiger partial charge >= 0.3 is 0 Å². The number of ether oxygens (including phenoxy) is 2. The van der Waals surface area contributed by atoms with Crippen LogP contribution in [-0.4, -0.2) is 31.2 Å². The highest BCUT2D eigenvalue weighted by atomic mass is 79.9. The summed E-state index contributed by atoms with van der Waals surface area (Å²) < 4.78 is 12.1. The van der Waals surface area contributed by atoms with Crippen molar-refractivity contribution in [1.82, 2.24) is 5.43 Å². The van der Waals surface area contributed by atoms with Gasteiger partial charge in [0.15, 0.2) is 11.5 Å². The molecule has 31 heavy (non-hydrogen) atoms. The van der Waals surface area contributed by atoms with Crippen LogP contribution >= 0.6 is 39.1 Å². The van der Waals surface area contributed by atoms with E-state index in [0.29, 0.717) is 50.5 Å². The lowest BCUT2D eigenvalue weighted by molar-refractivity contribution is -0.126. The molecule has 0 aliphatic heterocycles. The normalized spacial score (nSPS) is 10.7. The number of carbonyl (C=O) groups excluding carboxylic acids is 2. The van der Waals surface area contributed by atoms with Gasteiger partial charge in [0, 0.05) is 5.69 Å². The highest BCUT2D eigenvalue weighted by Gasteiger charge is 2.12. The summed E-state index contributed by atoms with van der Waals surface area (Å²) in [7, 11) is 0. The second-order valence-electron chi connectivity index (χ2n) is 6.26. The van der Waals surface area contributed by atoms with E-state index in [4.69, 9.17) is 32.7 Å². The molecule has 2 amide bonds. The van der Waals surface area contributed by atoms with E-state index >= 15 is 0 Å². The number of hydrogen-bond acceptors (Lipinski definition) is 5. The van der Waals surface area contributed by atoms with Crippen LogP contribution in [-0.2, 0) is 9.59 Å². The molecule has 0 aromatic heterocycles. The van der Waals surface area contributed by atoms with E-state index in [9.17, 15) is 9.59 Å². The van der Waals surface area contributed by atoms with Crippen molar-refractivity contribution in [3.8, 4) is 11.5 Å². The first-order chi connectivity index (χ1) is 14.8. The number of anilines is 1. The lowest BCUT2D eigenvalue weighted by Crippen LogP contribution is -2.24. The highest BCUT2D eigenvalue weighted by Crippen LogP contribution is 2.36. The van der Waals surface area contributed by atoms with Gasteiger partial charge < -0.3 is 14.8 Å². The SMILES string of the molecule is CCCOc1c(Br)cc(C=NNC(=O)CC(=O)Nc2ccc(Cl)c(Cl)c2)cc1OCC. The number of hydrogen-bond donors (Lipinski definition) is 2. The topological polar surface area (TPSA) is 89.0 Å². The summed E-state index contributed by atoms with van der Waals surface area (Å²) >= 11 is 15.2. The second-order valence-corrected chi connectivity index (χ2v) is 7.93. The van der Waals surface area contributed by atoms with Crippen molar-refractivity contribution >= 4 is 62.8 Å². The number of rotatable bonds is 10. The maximum atomic E-state index is 12.0. The first-order valence-corrected chi connectivity index (χ1v) is 11.0. The summed E-state index contributed by atoms with van der Waals surface area (Å²) in [6, 6.07) is 8.19. The van der Waals surface area contributed by atoms with Crippen molar-refractivity contribution < 1.29 is 19.1 Å². The lowest BCUT2D eigenvalue weighted by Gasteiger charge is -2.14. The number of benzene rings is 2. The van der Waals surface area contributed by atoms with Crippen molar-refractivity contribution in [3.63, 3.8) is 0 Å². The van der Waals surface area contributed by atoms with Gasteiger partial charge in [0.25, 0.3) is 0 Å². The first kappa shape index (κ1) is 25.0. The number of nitrogens with one attached hydrogen (secondary N) is 2. The van der Waals surface area contributed by atoms with E-state index in [2.05, 4.69) is 31.8 Å². The molecule has 2 N–H and O–H groups in total. The van der Waals surface area contributed by atoms with Crippen LogP contribution in [0.3, 0.4) is 0 Å². The van der Waals surface area contributed by atoms with E-state index in [1.165, 1.54) is 12.3 Å². The fourth-order valence-electron chi connectivity index (χ4n) is 2.41. The number of nitrogens with zero attached hydrogens (tertiary/aromatic N) is 1. The molecule has 0 atom stereocenters. The van der Waals surface area contributed by atoms with Gasteiger partial charge in [-0.1, -0.05) is 30.1 Å². The van der Waals surface area contributed by atoms with Gasteiger partial charge in [-0.05, 0) is 65.2 Å². The zero-order chi connectivity index (χ0) is 22.8. The number of carbonyl (C=O) groups is 2. The smallest absolute Gasteiger partial charge is 0.249 e. The van der Waals surface area contributed by atoms with Crippen LogP contribution < -0.4 is 20.2 Å². The molecule has 0 radical (unpaired) electrons. The molecule has 2 aromatic carbocycles. The summed E-state index contributed by atoms with van der Waals surface area (Å²) in [5.41, 5.74) is 3.44. The third-order valence-corrected chi connectivity index (χ3v) is 5.04. The van der Waals surface area contributed by atoms with Crippen molar-refractivity contribution in [2.45, 2.75) is 26.7 Å². The Morgan fingerprint density at radius 3 is 2.55 bits per heavy atom. The summed E-state index contributed by atoms with van der Waals surface area (Å²) in [5.74, 6) is 0.105. The molecule has 0 bridgehead atoms. The largest absolute Gasteiger partial charge is 0.490 e. The monoisotopic (exact) mass is 529 g/mol. The van der Waals surface area contributed by atoms with Gasteiger partial charge in [0.1, 0.15) is 6.42 Å². The quantitative estimate of drug-likeness (QED) is 0.244. The summed E-state index contributed by atoms with van der Waals surface area (Å²) in [6.45, 7) is 4.93. The van der Waals surface area contributed by atoms with Gasteiger partial charge in [0.05, 0.1) is 33.9 Å². The van der Waals surface area contributed by atoms with E-state index in [1.54, 1.807) is 24.3 Å². The molecular formula is C21H22BrCl2N3O4. The maximum absolute atomic E-state index is 12.0. The van der Waals surface area contributed by atoms with Crippen LogP contribution in [0.15, 0.2) is 39.9 Å². The van der Waals surface area contributed by atoms with Crippen LogP contribution in [0.4, 0.5) is 5.69 Å². The molecule has 0 aliphatic carbocycles. The molecule has 0 aliphatic rings. The van der Waals surface area contributed by atoms with Crippen molar-refractivity contribution in [3.05, 3.63) is 50.4 Å². The molecule has 7 nitrogen and oxygen atoms in total.